The maximum atomic E-state index is 5.75. The molecule has 0 aliphatic heterocycles. The van der Waals surface area contributed by atoms with Crippen molar-refractivity contribution in [1.82, 2.24) is 0 Å². The molecule has 0 radical (unpaired) electrons. The molecule has 0 heterocycles. The number of anilines is 1. The van der Waals surface area contributed by atoms with Crippen molar-refractivity contribution in [3.8, 4) is 12.3 Å². The molecule has 1 aromatic carbocycles. The summed E-state index contributed by atoms with van der Waals surface area (Å²) < 4.78 is 0. The lowest BCUT2D eigenvalue weighted by Crippen LogP contribution is -1.87. The summed E-state index contributed by atoms with van der Waals surface area (Å²) in [4.78, 5) is 0. The SMILES string of the molecule is C#CCC/C=C1\CCc2cc(N)ccc21. The van der Waals surface area contributed by atoms with E-state index >= 15 is 0 Å². The maximum absolute atomic E-state index is 5.75. The van der Waals surface area contributed by atoms with Crippen molar-refractivity contribution in [3.05, 3.63) is 35.4 Å². The van der Waals surface area contributed by atoms with Gasteiger partial charge in [-0.15, -0.1) is 12.3 Å². The molecule has 0 bridgehead atoms. The first-order chi connectivity index (χ1) is 7.31. The summed E-state index contributed by atoms with van der Waals surface area (Å²) in [7, 11) is 0. The lowest BCUT2D eigenvalue weighted by atomic mass is 10.1. The second-order valence-corrected chi connectivity index (χ2v) is 3.89. The van der Waals surface area contributed by atoms with Gasteiger partial charge in [0.15, 0.2) is 0 Å². The first-order valence-corrected chi connectivity index (χ1v) is 5.32. The van der Waals surface area contributed by atoms with E-state index in [-0.39, 0.29) is 0 Å². The average molecular weight is 197 g/mol. The van der Waals surface area contributed by atoms with Crippen LogP contribution in [0.15, 0.2) is 24.3 Å². The van der Waals surface area contributed by atoms with Crippen LogP contribution in [0, 0.1) is 12.3 Å². The topological polar surface area (TPSA) is 26.0 Å². The minimum atomic E-state index is 0.827. The van der Waals surface area contributed by atoms with Crippen LogP contribution in [-0.2, 0) is 6.42 Å². The molecule has 1 aromatic rings. The number of terminal acetylenes is 1. The molecule has 0 aromatic heterocycles. The Hall–Kier alpha value is -1.68. The Bertz CT molecular complexity index is 435. The molecule has 2 N–H and O–H groups in total. The van der Waals surface area contributed by atoms with Crippen LogP contribution >= 0.6 is 0 Å². The molecule has 0 fully saturated rings. The summed E-state index contributed by atoms with van der Waals surface area (Å²) in [5, 5.41) is 0. The van der Waals surface area contributed by atoms with E-state index in [2.05, 4.69) is 24.1 Å². The number of aryl methyl sites for hydroxylation is 1. The largest absolute Gasteiger partial charge is 0.399 e. The van der Waals surface area contributed by atoms with Crippen LogP contribution in [0.5, 0.6) is 0 Å². The van der Waals surface area contributed by atoms with Gasteiger partial charge in [0.2, 0.25) is 0 Å². The van der Waals surface area contributed by atoms with Gasteiger partial charge in [-0.1, -0.05) is 12.1 Å². The van der Waals surface area contributed by atoms with Gasteiger partial charge < -0.3 is 5.73 Å². The molecule has 2 rings (SSSR count). The Morgan fingerprint density at radius 1 is 1.40 bits per heavy atom. The Morgan fingerprint density at radius 3 is 3.07 bits per heavy atom. The van der Waals surface area contributed by atoms with Crippen molar-refractivity contribution in [1.29, 1.82) is 0 Å². The number of unbranched alkanes of at least 4 members (excludes halogenated alkanes) is 1. The van der Waals surface area contributed by atoms with Gasteiger partial charge in [0.25, 0.3) is 0 Å². The van der Waals surface area contributed by atoms with Gasteiger partial charge in [0, 0.05) is 12.1 Å². The molecule has 0 saturated carbocycles. The predicted octanol–water partition coefficient (Wildman–Crippen LogP) is 3.01. The number of nitrogens with two attached hydrogens (primary N) is 1. The van der Waals surface area contributed by atoms with Crippen LogP contribution in [0.1, 0.15) is 30.4 Å². The number of hydrogen-bond acceptors (Lipinski definition) is 1. The molecule has 0 amide bonds. The molecular formula is C14H15N. The van der Waals surface area contributed by atoms with E-state index in [0.29, 0.717) is 0 Å². The van der Waals surface area contributed by atoms with Crippen LogP contribution in [0.4, 0.5) is 5.69 Å². The highest BCUT2D eigenvalue weighted by atomic mass is 14.5. The van der Waals surface area contributed by atoms with Crippen molar-refractivity contribution >= 4 is 11.3 Å². The molecule has 1 aliphatic rings. The van der Waals surface area contributed by atoms with E-state index < -0.39 is 0 Å². The van der Waals surface area contributed by atoms with Crippen molar-refractivity contribution in [2.24, 2.45) is 0 Å². The minimum Gasteiger partial charge on any atom is -0.399 e. The van der Waals surface area contributed by atoms with E-state index in [1.54, 1.807) is 0 Å². The summed E-state index contributed by atoms with van der Waals surface area (Å²) in [5.74, 6) is 2.66. The molecule has 0 unspecified atom stereocenters. The van der Waals surface area contributed by atoms with Crippen LogP contribution in [0.2, 0.25) is 0 Å². The third-order valence-corrected chi connectivity index (χ3v) is 2.82. The van der Waals surface area contributed by atoms with E-state index in [1.807, 2.05) is 6.07 Å². The van der Waals surface area contributed by atoms with Crippen molar-refractivity contribution in [2.45, 2.75) is 25.7 Å². The Balaban J connectivity index is 2.22. The number of rotatable bonds is 2. The predicted molar refractivity (Wildman–Crippen MR) is 65.2 cm³/mol. The smallest absolute Gasteiger partial charge is 0.0317 e. The van der Waals surface area contributed by atoms with Crippen LogP contribution < -0.4 is 5.73 Å². The van der Waals surface area contributed by atoms with Gasteiger partial charge in [-0.05, 0) is 48.1 Å². The zero-order valence-electron chi connectivity index (χ0n) is 8.79. The lowest BCUT2D eigenvalue weighted by molar-refractivity contribution is 1.05. The molecule has 15 heavy (non-hydrogen) atoms. The number of nitrogen functional groups attached to an aromatic ring is 1. The van der Waals surface area contributed by atoms with Gasteiger partial charge >= 0.3 is 0 Å². The molecule has 0 saturated heterocycles. The zero-order chi connectivity index (χ0) is 10.7. The summed E-state index contributed by atoms with van der Waals surface area (Å²) in [5.41, 5.74) is 10.8. The summed E-state index contributed by atoms with van der Waals surface area (Å²) in [6.07, 6.45) is 11.5. The van der Waals surface area contributed by atoms with E-state index in [9.17, 15) is 0 Å². The van der Waals surface area contributed by atoms with E-state index in [4.69, 9.17) is 12.2 Å². The standard InChI is InChI=1S/C14H15N/c1-2-3-4-5-11-6-7-12-10-13(15)8-9-14(11)12/h1,5,8-10H,3-4,6-7,15H2/b11-5+. The summed E-state index contributed by atoms with van der Waals surface area (Å²) in [6.45, 7) is 0. The highest BCUT2D eigenvalue weighted by molar-refractivity contribution is 5.74. The molecule has 0 atom stereocenters. The lowest BCUT2D eigenvalue weighted by Gasteiger charge is -2.01. The van der Waals surface area contributed by atoms with Crippen LogP contribution in [0.3, 0.4) is 0 Å². The van der Waals surface area contributed by atoms with Crippen LogP contribution in [0.25, 0.3) is 5.57 Å². The van der Waals surface area contributed by atoms with Crippen molar-refractivity contribution in [3.63, 3.8) is 0 Å². The third kappa shape index (κ3) is 2.05. The Kier molecular flexibility index (Phi) is 2.78. The van der Waals surface area contributed by atoms with Crippen molar-refractivity contribution in [2.75, 3.05) is 5.73 Å². The molecule has 76 valence electrons. The fraction of sp³-hybridized carbons (Fsp3) is 0.286. The van der Waals surface area contributed by atoms with E-state index in [1.165, 1.54) is 16.7 Å². The molecule has 0 spiro atoms. The average Bonchev–Trinajstić information content (AvgIpc) is 2.61. The number of benzene rings is 1. The van der Waals surface area contributed by atoms with Gasteiger partial charge in [0.1, 0.15) is 0 Å². The number of allylic oxidation sites excluding steroid dienone is 2. The Morgan fingerprint density at radius 2 is 2.27 bits per heavy atom. The van der Waals surface area contributed by atoms with Crippen molar-refractivity contribution < 1.29 is 0 Å². The fourth-order valence-electron chi connectivity index (χ4n) is 2.08. The maximum Gasteiger partial charge on any atom is 0.0317 e. The second-order valence-electron chi connectivity index (χ2n) is 3.89. The van der Waals surface area contributed by atoms with E-state index in [0.717, 1.165) is 31.4 Å². The monoisotopic (exact) mass is 197 g/mol. The van der Waals surface area contributed by atoms with Gasteiger partial charge in [-0.2, -0.15) is 0 Å². The molecule has 1 heteroatoms. The first-order valence-electron chi connectivity index (χ1n) is 5.32. The Labute approximate surface area is 91.0 Å². The van der Waals surface area contributed by atoms with Gasteiger partial charge in [-0.25, -0.2) is 0 Å². The number of fused-ring (bicyclic) bond motifs is 1. The molecular weight excluding hydrogens is 182 g/mol. The molecule has 1 aliphatic carbocycles. The zero-order valence-corrected chi connectivity index (χ0v) is 8.79. The summed E-state index contributed by atoms with van der Waals surface area (Å²) in [6, 6.07) is 6.18. The second kappa shape index (κ2) is 4.23. The van der Waals surface area contributed by atoms with Gasteiger partial charge in [-0.3, -0.25) is 0 Å². The normalized spacial score (nSPS) is 16.3. The highest BCUT2D eigenvalue weighted by Crippen LogP contribution is 2.33. The molecule has 1 nitrogen and oxygen atoms in total. The fourth-order valence-corrected chi connectivity index (χ4v) is 2.08. The minimum absolute atomic E-state index is 0.827. The number of hydrogen-bond donors (Lipinski definition) is 1. The summed E-state index contributed by atoms with van der Waals surface area (Å²) >= 11 is 0. The first kappa shape index (κ1) is 9.86. The van der Waals surface area contributed by atoms with Gasteiger partial charge in [0.05, 0.1) is 0 Å². The quantitative estimate of drug-likeness (QED) is 0.440. The third-order valence-electron chi connectivity index (χ3n) is 2.82. The highest BCUT2D eigenvalue weighted by Gasteiger charge is 2.15. The van der Waals surface area contributed by atoms with Crippen LogP contribution in [-0.4, -0.2) is 0 Å².